The highest BCUT2D eigenvalue weighted by molar-refractivity contribution is 6.33. The lowest BCUT2D eigenvalue weighted by molar-refractivity contribution is 0.438. The molecule has 0 aliphatic rings. The zero-order chi connectivity index (χ0) is 14.9. The Morgan fingerprint density at radius 1 is 1.30 bits per heavy atom. The van der Waals surface area contributed by atoms with E-state index >= 15 is 0 Å². The second-order valence-corrected chi connectivity index (χ2v) is 4.74. The molecule has 0 saturated heterocycles. The summed E-state index contributed by atoms with van der Waals surface area (Å²) in [5.74, 6) is -0.458. The molecule has 1 aromatic heterocycles. The summed E-state index contributed by atoms with van der Waals surface area (Å²) >= 11 is 5.77. The van der Waals surface area contributed by atoms with E-state index in [0.29, 0.717) is 12.2 Å². The van der Waals surface area contributed by atoms with E-state index in [0.717, 1.165) is 11.4 Å². The van der Waals surface area contributed by atoms with Crippen molar-refractivity contribution >= 4 is 23.0 Å². The number of hydrogen-bond donors (Lipinski definition) is 2. The first-order chi connectivity index (χ1) is 9.43. The summed E-state index contributed by atoms with van der Waals surface area (Å²) in [7, 11) is 0. The van der Waals surface area contributed by atoms with Crippen molar-refractivity contribution in [3.63, 3.8) is 0 Å². The number of anilines is 2. The first-order valence-corrected chi connectivity index (χ1v) is 6.49. The molecular formula is C14H15ClFN3O. The number of rotatable bonds is 3. The van der Waals surface area contributed by atoms with E-state index in [1.54, 1.807) is 12.1 Å². The average molecular weight is 296 g/mol. The van der Waals surface area contributed by atoms with E-state index in [1.807, 2.05) is 13.8 Å². The van der Waals surface area contributed by atoms with Crippen molar-refractivity contribution in [2.75, 3.05) is 11.5 Å². The van der Waals surface area contributed by atoms with Gasteiger partial charge < -0.3 is 16.2 Å². The molecule has 1 aromatic carbocycles. The fraction of sp³-hybridized carbons (Fsp3) is 0.214. The number of halogens is 2. The molecule has 0 unspecified atom stereocenters. The second-order valence-electron chi connectivity index (χ2n) is 4.37. The molecule has 0 aliphatic heterocycles. The van der Waals surface area contributed by atoms with Crippen LogP contribution in [0.2, 0.25) is 5.02 Å². The fourth-order valence-electron chi connectivity index (χ4n) is 1.81. The van der Waals surface area contributed by atoms with Gasteiger partial charge in [0.15, 0.2) is 11.6 Å². The third-order valence-electron chi connectivity index (χ3n) is 2.84. The molecule has 106 valence electrons. The lowest BCUT2D eigenvalue weighted by Crippen LogP contribution is -2.02. The Labute approximate surface area is 121 Å². The van der Waals surface area contributed by atoms with Crippen molar-refractivity contribution in [1.82, 2.24) is 4.98 Å². The van der Waals surface area contributed by atoms with Gasteiger partial charge >= 0.3 is 0 Å². The molecule has 1 heterocycles. The van der Waals surface area contributed by atoms with Gasteiger partial charge in [0.25, 0.3) is 0 Å². The molecule has 0 atom stereocenters. The highest BCUT2D eigenvalue weighted by Gasteiger charge is 2.17. The molecule has 6 heteroatoms. The van der Waals surface area contributed by atoms with Crippen LogP contribution in [0.4, 0.5) is 15.8 Å². The molecule has 0 fully saturated rings. The number of pyridine rings is 1. The highest BCUT2D eigenvalue weighted by atomic mass is 35.5. The number of hydrogen-bond acceptors (Lipinski definition) is 4. The van der Waals surface area contributed by atoms with E-state index < -0.39 is 5.82 Å². The van der Waals surface area contributed by atoms with Crippen LogP contribution >= 0.6 is 11.6 Å². The molecule has 2 rings (SSSR count). The van der Waals surface area contributed by atoms with Crippen molar-refractivity contribution in [2.24, 2.45) is 0 Å². The quantitative estimate of drug-likeness (QED) is 0.847. The number of nitrogens with zero attached hydrogens (tertiary/aromatic N) is 1. The SMILES string of the molecule is CCc1nc(C)ccc1Oc1c(N)cc(N)c(Cl)c1F. The Hall–Kier alpha value is -2.01. The van der Waals surface area contributed by atoms with Gasteiger partial charge in [-0.3, -0.25) is 4.98 Å². The first kappa shape index (κ1) is 14.4. The molecule has 4 nitrogen and oxygen atoms in total. The average Bonchev–Trinajstić information content (AvgIpc) is 2.42. The van der Waals surface area contributed by atoms with Gasteiger partial charge in [0, 0.05) is 5.69 Å². The van der Waals surface area contributed by atoms with E-state index in [2.05, 4.69) is 4.98 Å². The van der Waals surface area contributed by atoms with Crippen molar-refractivity contribution < 1.29 is 9.13 Å². The van der Waals surface area contributed by atoms with Gasteiger partial charge in [0.1, 0.15) is 10.8 Å². The predicted molar refractivity (Wildman–Crippen MR) is 78.7 cm³/mol. The van der Waals surface area contributed by atoms with Crippen LogP contribution in [0.25, 0.3) is 0 Å². The number of ether oxygens (including phenoxy) is 1. The van der Waals surface area contributed by atoms with E-state index in [4.69, 9.17) is 27.8 Å². The summed E-state index contributed by atoms with van der Waals surface area (Å²) in [5.41, 5.74) is 13.0. The highest BCUT2D eigenvalue weighted by Crippen LogP contribution is 2.38. The summed E-state index contributed by atoms with van der Waals surface area (Å²) in [6.07, 6.45) is 0.654. The van der Waals surface area contributed by atoms with Crippen molar-refractivity contribution in [3.8, 4) is 11.5 Å². The summed E-state index contributed by atoms with van der Waals surface area (Å²) in [4.78, 5) is 4.34. The number of nitrogens with two attached hydrogens (primary N) is 2. The van der Waals surface area contributed by atoms with Crippen molar-refractivity contribution in [3.05, 3.63) is 40.4 Å². The zero-order valence-corrected chi connectivity index (χ0v) is 12.0. The molecular weight excluding hydrogens is 281 g/mol. The monoisotopic (exact) mass is 295 g/mol. The maximum atomic E-state index is 14.1. The van der Waals surface area contributed by atoms with Crippen LogP contribution in [0.15, 0.2) is 18.2 Å². The Kier molecular flexibility index (Phi) is 3.99. The first-order valence-electron chi connectivity index (χ1n) is 6.11. The van der Waals surface area contributed by atoms with Gasteiger partial charge in [0.2, 0.25) is 0 Å². The van der Waals surface area contributed by atoms with Crippen LogP contribution in [0.5, 0.6) is 11.5 Å². The Balaban J connectivity index is 2.48. The summed E-state index contributed by atoms with van der Waals surface area (Å²) < 4.78 is 19.6. The lowest BCUT2D eigenvalue weighted by Gasteiger charge is -2.14. The number of aromatic nitrogens is 1. The Morgan fingerprint density at radius 2 is 2.00 bits per heavy atom. The van der Waals surface area contributed by atoms with Gasteiger partial charge in [0.05, 0.1) is 17.1 Å². The minimum absolute atomic E-state index is 0.0757. The van der Waals surface area contributed by atoms with Gasteiger partial charge in [-0.25, -0.2) is 4.39 Å². The van der Waals surface area contributed by atoms with Gasteiger partial charge in [-0.15, -0.1) is 0 Å². The molecule has 0 radical (unpaired) electrons. The maximum absolute atomic E-state index is 14.1. The molecule has 0 aliphatic carbocycles. The van der Waals surface area contributed by atoms with Crippen LogP contribution in [0.3, 0.4) is 0 Å². The molecule has 0 saturated carbocycles. The third-order valence-corrected chi connectivity index (χ3v) is 3.22. The van der Waals surface area contributed by atoms with Crippen LogP contribution in [-0.2, 0) is 6.42 Å². The molecule has 0 amide bonds. The van der Waals surface area contributed by atoms with E-state index in [-0.39, 0.29) is 22.1 Å². The Morgan fingerprint density at radius 3 is 2.65 bits per heavy atom. The molecule has 4 N–H and O–H groups in total. The van der Waals surface area contributed by atoms with Gasteiger partial charge in [-0.1, -0.05) is 18.5 Å². The molecule has 20 heavy (non-hydrogen) atoms. The zero-order valence-electron chi connectivity index (χ0n) is 11.2. The molecule has 0 bridgehead atoms. The predicted octanol–water partition coefficient (Wildman–Crippen LogP) is 3.70. The third kappa shape index (κ3) is 2.63. The Bertz CT molecular complexity index is 661. The summed E-state index contributed by atoms with van der Waals surface area (Å²) in [6, 6.07) is 4.87. The van der Waals surface area contributed by atoms with Crippen LogP contribution < -0.4 is 16.2 Å². The number of aryl methyl sites for hydroxylation is 2. The van der Waals surface area contributed by atoms with E-state index in [1.165, 1.54) is 6.07 Å². The lowest BCUT2D eigenvalue weighted by atomic mass is 10.2. The largest absolute Gasteiger partial charge is 0.450 e. The summed E-state index contributed by atoms with van der Waals surface area (Å²) in [5, 5.41) is -0.202. The fourth-order valence-corrected chi connectivity index (χ4v) is 1.95. The van der Waals surface area contributed by atoms with Crippen molar-refractivity contribution in [2.45, 2.75) is 20.3 Å². The minimum atomic E-state index is -0.771. The number of benzene rings is 1. The normalized spacial score (nSPS) is 10.6. The topological polar surface area (TPSA) is 74.2 Å². The van der Waals surface area contributed by atoms with Crippen molar-refractivity contribution in [1.29, 1.82) is 0 Å². The van der Waals surface area contributed by atoms with Crippen LogP contribution in [0, 0.1) is 12.7 Å². The van der Waals surface area contributed by atoms with E-state index in [9.17, 15) is 4.39 Å². The number of nitrogen functional groups attached to an aromatic ring is 2. The second kappa shape index (κ2) is 5.54. The molecule has 2 aromatic rings. The van der Waals surface area contributed by atoms with Gasteiger partial charge in [-0.2, -0.15) is 0 Å². The standard InChI is InChI=1S/C14H15ClFN3O/c1-3-10-11(5-4-7(2)19-10)20-14-9(18)6-8(17)12(15)13(14)16/h4-6H,3,17-18H2,1-2H3. The van der Waals surface area contributed by atoms with Crippen LogP contribution in [0.1, 0.15) is 18.3 Å². The smallest absolute Gasteiger partial charge is 0.188 e. The maximum Gasteiger partial charge on any atom is 0.188 e. The summed E-state index contributed by atoms with van der Waals surface area (Å²) in [6.45, 7) is 3.81. The minimum Gasteiger partial charge on any atom is -0.450 e. The van der Waals surface area contributed by atoms with Crippen LogP contribution in [-0.4, -0.2) is 4.98 Å². The van der Waals surface area contributed by atoms with Gasteiger partial charge in [-0.05, 0) is 31.5 Å². The molecule has 0 spiro atoms.